The monoisotopic (exact) mass is 389 g/mol. The first-order valence-corrected chi connectivity index (χ1v) is 9.74. The predicted molar refractivity (Wildman–Crippen MR) is 111 cm³/mol. The standard InChI is InChI=1S/C21H32FN5O/c1-7-23-21(24-12-16(4)28-19-11-9-8-10-18(19)22)26(5)13-17-14-27(6)25-20(17)15(2)3/h8-11,14-16H,7,12-13H2,1-6H3,(H,23,24). The van der Waals surface area contributed by atoms with Gasteiger partial charge in [0, 0.05) is 38.9 Å². The fraction of sp³-hybridized carbons (Fsp3) is 0.524. The minimum Gasteiger partial charge on any atom is -0.486 e. The van der Waals surface area contributed by atoms with Crippen LogP contribution in [-0.4, -0.2) is 46.9 Å². The number of nitrogens with zero attached hydrogens (tertiary/aromatic N) is 4. The van der Waals surface area contributed by atoms with Gasteiger partial charge in [0.1, 0.15) is 6.10 Å². The minimum absolute atomic E-state index is 0.247. The molecular weight excluding hydrogens is 357 g/mol. The van der Waals surface area contributed by atoms with E-state index in [1.165, 1.54) is 11.6 Å². The smallest absolute Gasteiger partial charge is 0.194 e. The highest BCUT2D eigenvalue weighted by atomic mass is 19.1. The van der Waals surface area contributed by atoms with Crippen LogP contribution in [0.5, 0.6) is 5.75 Å². The molecule has 1 aromatic carbocycles. The van der Waals surface area contributed by atoms with Crippen molar-refractivity contribution < 1.29 is 9.13 Å². The number of aryl methyl sites for hydroxylation is 1. The van der Waals surface area contributed by atoms with Crippen LogP contribution in [0.4, 0.5) is 4.39 Å². The average Bonchev–Trinajstić information content (AvgIpc) is 3.01. The predicted octanol–water partition coefficient (Wildman–Crippen LogP) is 3.55. The maximum absolute atomic E-state index is 13.8. The van der Waals surface area contributed by atoms with Gasteiger partial charge in [-0.15, -0.1) is 0 Å². The number of rotatable bonds is 8. The summed E-state index contributed by atoms with van der Waals surface area (Å²) in [7, 11) is 3.94. The van der Waals surface area contributed by atoms with Crippen LogP contribution in [0.25, 0.3) is 0 Å². The number of para-hydroxylation sites is 1. The Labute approximate surface area is 167 Å². The molecule has 0 spiro atoms. The molecule has 2 rings (SSSR count). The van der Waals surface area contributed by atoms with Crippen molar-refractivity contribution in [3.05, 3.63) is 47.5 Å². The maximum atomic E-state index is 13.8. The topological polar surface area (TPSA) is 54.7 Å². The molecule has 0 bridgehead atoms. The Morgan fingerprint density at radius 1 is 1.32 bits per heavy atom. The molecular formula is C21H32FN5O. The summed E-state index contributed by atoms with van der Waals surface area (Å²) in [4.78, 5) is 6.75. The second-order valence-electron chi connectivity index (χ2n) is 7.28. The molecule has 1 aromatic heterocycles. The fourth-order valence-corrected chi connectivity index (χ4v) is 2.97. The Bertz CT molecular complexity index is 787. The normalized spacial score (nSPS) is 12.9. The summed E-state index contributed by atoms with van der Waals surface area (Å²) in [6, 6.07) is 6.42. The minimum atomic E-state index is -0.361. The first kappa shape index (κ1) is 21.7. The largest absolute Gasteiger partial charge is 0.486 e. The van der Waals surface area contributed by atoms with Crippen LogP contribution in [0.3, 0.4) is 0 Å². The molecule has 1 N–H and O–H groups in total. The molecule has 1 heterocycles. The lowest BCUT2D eigenvalue weighted by molar-refractivity contribution is 0.219. The Balaban J connectivity index is 2.05. The Hall–Kier alpha value is -2.57. The zero-order chi connectivity index (χ0) is 20.7. The maximum Gasteiger partial charge on any atom is 0.194 e. The molecule has 0 aliphatic heterocycles. The molecule has 6 nitrogen and oxygen atoms in total. The van der Waals surface area contributed by atoms with Crippen LogP contribution in [0.2, 0.25) is 0 Å². The summed E-state index contributed by atoms with van der Waals surface area (Å²) in [5.41, 5.74) is 2.28. The van der Waals surface area contributed by atoms with Crippen molar-refractivity contribution in [2.24, 2.45) is 12.0 Å². The van der Waals surface area contributed by atoms with Crippen molar-refractivity contribution in [3.8, 4) is 5.75 Å². The molecule has 2 aromatic rings. The van der Waals surface area contributed by atoms with E-state index in [9.17, 15) is 4.39 Å². The van der Waals surface area contributed by atoms with E-state index >= 15 is 0 Å². The molecule has 0 fully saturated rings. The second kappa shape index (κ2) is 10.1. The summed E-state index contributed by atoms with van der Waals surface area (Å²) in [5, 5.41) is 7.88. The van der Waals surface area contributed by atoms with Gasteiger partial charge in [0.05, 0.1) is 12.2 Å². The molecule has 1 atom stereocenters. The fourth-order valence-electron chi connectivity index (χ4n) is 2.97. The molecule has 0 radical (unpaired) electrons. The van der Waals surface area contributed by atoms with Crippen molar-refractivity contribution in [3.63, 3.8) is 0 Å². The number of nitrogens with one attached hydrogen (secondary N) is 1. The number of hydrogen-bond acceptors (Lipinski definition) is 3. The zero-order valence-corrected chi connectivity index (χ0v) is 17.7. The number of aromatic nitrogens is 2. The van der Waals surface area contributed by atoms with Gasteiger partial charge in [-0.1, -0.05) is 26.0 Å². The van der Waals surface area contributed by atoms with Gasteiger partial charge < -0.3 is 15.0 Å². The number of guanidine groups is 1. The lowest BCUT2D eigenvalue weighted by Crippen LogP contribution is -2.39. The van der Waals surface area contributed by atoms with Gasteiger partial charge in [0.15, 0.2) is 17.5 Å². The molecule has 1 unspecified atom stereocenters. The van der Waals surface area contributed by atoms with Gasteiger partial charge in [-0.05, 0) is 31.9 Å². The highest BCUT2D eigenvalue weighted by molar-refractivity contribution is 5.79. The van der Waals surface area contributed by atoms with E-state index in [2.05, 4.69) is 40.4 Å². The highest BCUT2D eigenvalue weighted by Gasteiger charge is 2.15. The Kier molecular flexibility index (Phi) is 7.84. The third-order valence-electron chi connectivity index (χ3n) is 4.25. The molecule has 0 saturated heterocycles. The average molecular weight is 390 g/mol. The summed E-state index contributed by atoms with van der Waals surface area (Å²) in [5.74, 6) is 1.03. The lowest BCUT2D eigenvalue weighted by Gasteiger charge is -2.23. The van der Waals surface area contributed by atoms with Gasteiger partial charge in [-0.25, -0.2) is 9.38 Å². The van der Waals surface area contributed by atoms with Gasteiger partial charge in [0.25, 0.3) is 0 Å². The quantitative estimate of drug-likeness (QED) is 0.554. The van der Waals surface area contributed by atoms with Crippen molar-refractivity contribution >= 4 is 5.96 Å². The number of hydrogen-bond donors (Lipinski definition) is 1. The van der Waals surface area contributed by atoms with Gasteiger partial charge in [-0.3, -0.25) is 4.68 Å². The van der Waals surface area contributed by atoms with E-state index < -0.39 is 0 Å². The Morgan fingerprint density at radius 3 is 2.68 bits per heavy atom. The van der Waals surface area contributed by atoms with E-state index in [1.54, 1.807) is 18.2 Å². The summed E-state index contributed by atoms with van der Waals surface area (Å²) >= 11 is 0. The summed E-state index contributed by atoms with van der Waals surface area (Å²) < 4.78 is 21.3. The second-order valence-corrected chi connectivity index (χ2v) is 7.28. The van der Waals surface area contributed by atoms with Crippen LogP contribution in [0.1, 0.15) is 44.9 Å². The van der Waals surface area contributed by atoms with E-state index in [0.29, 0.717) is 19.0 Å². The molecule has 28 heavy (non-hydrogen) atoms. The van der Waals surface area contributed by atoms with Gasteiger partial charge in [-0.2, -0.15) is 5.10 Å². The van der Waals surface area contributed by atoms with Crippen molar-refractivity contribution in [2.75, 3.05) is 20.1 Å². The number of aliphatic imine (C=N–C) groups is 1. The van der Waals surface area contributed by atoms with Crippen LogP contribution >= 0.6 is 0 Å². The lowest BCUT2D eigenvalue weighted by atomic mass is 10.1. The van der Waals surface area contributed by atoms with Crippen molar-refractivity contribution in [2.45, 2.75) is 46.3 Å². The molecule has 0 aliphatic carbocycles. The van der Waals surface area contributed by atoms with E-state index in [-0.39, 0.29) is 17.7 Å². The third kappa shape index (κ3) is 5.97. The molecule has 0 saturated carbocycles. The van der Waals surface area contributed by atoms with Crippen LogP contribution in [-0.2, 0) is 13.6 Å². The van der Waals surface area contributed by atoms with E-state index in [1.807, 2.05) is 32.6 Å². The first-order valence-electron chi connectivity index (χ1n) is 9.74. The number of benzene rings is 1. The van der Waals surface area contributed by atoms with Crippen molar-refractivity contribution in [1.82, 2.24) is 20.0 Å². The SMILES string of the molecule is CCNC(=NCC(C)Oc1ccccc1F)N(C)Cc1cn(C)nc1C(C)C. The summed E-state index contributed by atoms with van der Waals surface area (Å²) in [6.07, 6.45) is 1.81. The summed E-state index contributed by atoms with van der Waals surface area (Å²) in [6.45, 7) is 10.1. The molecule has 0 aliphatic rings. The molecule has 154 valence electrons. The third-order valence-corrected chi connectivity index (χ3v) is 4.25. The van der Waals surface area contributed by atoms with Crippen LogP contribution in [0, 0.1) is 5.82 Å². The number of ether oxygens (including phenoxy) is 1. The van der Waals surface area contributed by atoms with Crippen LogP contribution in [0.15, 0.2) is 35.5 Å². The van der Waals surface area contributed by atoms with E-state index in [4.69, 9.17) is 4.74 Å². The zero-order valence-electron chi connectivity index (χ0n) is 17.7. The van der Waals surface area contributed by atoms with E-state index in [0.717, 1.165) is 18.2 Å². The highest BCUT2D eigenvalue weighted by Crippen LogP contribution is 2.19. The molecule has 0 amide bonds. The first-order chi connectivity index (χ1) is 13.3. The van der Waals surface area contributed by atoms with Gasteiger partial charge >= 0.3 is 0 Å². The Morgan fingerprint density at radius 2 is 2.04 bits per heavy atom. The number of halogens is 1. The van der Waals surface area contributed by atoms with Crippen LogP contribution < -0.4 is 10.1 Å². The van der Waals surface area contributed by atoms with Crippen molar-refractivity contribution in [1.29, 1.82) is 0 Å². The molecule has 7 heteroatoms. The van der Waals surface area contributed by atoms with Gasteiger partial charge in [0.2, 0.25) is 0 Å².